The van der Waals surface area contributed by atoms with Crippen LogP contribution in [0.3, 0.4) is 0 Å². The maximum Gasteiger partial charge on any atom is 0.523 e. The second-order valence-corrected chi connectivity index (χ2v) is 3.83. The Labute approximate surface area is 110 Å². The third-order valence-electron chi connectivity index (χ3n) is 2.94. The third-order valence-corrected chi connectivity index (χ3v) is 2.94. The molecule has 4 heteroatoms. The average Bonchev–Trinajstić information content (AvgIpc) is 2.82. The summed E-state index contributed by atoms with van der Waals surface area (Å²) in [5.74, 6) is -0.00215. The summed E-state index contributed by atoms with van der Waals surface area (Å²) in [5, 5.41) is 18.0. The number of fused-ring (bicyclic) bond motifs is 1. The summed E-state index contributed by atoms with van der Waals surface area (Å²) >= 11 is 0. The lowest BCUT2D eigenvalue weighted by Crippen LogP contribution is -1.83. The number of hydrogen-bond acceptors (Lipinski definition) is 2. The van der Waals surface area contributed by atoms with E-state index in [2.05, 4.69) is 9.69 Å². The van der Waals surface area contributed by atoms with Gasteiger partial charge in [-0.2, -0.15) is 20.2 Å². The number of allylic oxidation sites excluding steroid dienone is 3. The van der Waals surface area contributed by atoms with Crippen LogP contribution in [0.25, 0.3) is 20.8 Å². The fourth-order valence-corrected chi connectivity index (χ4v) is 2.12. The zero-order valence-electron chi connectivity index (χ0n) is 9.81. The van der Waals surface area contributed by atoms with Crippen LogP contribution >= 0.6 is 0 Å². The van der Waals surface area contributed by atoms with Crippen molar-refractivity contribution in [3.63, 3.8) is 0 Å². The predicted molar refractivity (Wildman–Crippen MR) is 69.3 cm³/mol. The Kier molecular flexibility index (Phi) is 3.12. The lowest BCUT2D eigenvalue weighted by molar-refractivity contribution is 1.42. The second-order valence-electron chi connectivity index (χ2n) is 3.83. The summed E-state index contributed by atoms with van der Waals surface area (Å²) in [4.78, 5) is 6.44. The van der Waals surface area contributed by atoms with Crippen LogP contribution in [0, 0.1) is 35.8 Å². The number of nitrogens with zero attached hydrogens (tertiary/aromatic N) is 4. The first kappa shape index (κ1) is 12.1. The van der Waals surface area contributed by atoms with Gasteiger partial charge in [-0.25, -0.2) is 0 Å². The molecule has 0 atom stereocenters. The molecule has 1 aromatic carbocycles. The molecule has 0 bridgehead atoms. The van der Waals surface area contributed by atoms with Gasteiger partial charge < -0.3 is 0 Å². The first-order chi connectivity index (χ1) is 9.26. The van der Waals surface area contributed by atoms with Gasteiger partial charge in [0, 0.05) is 0 Å². The molecule has 0 amide bonds. The highest BCUT2D eigenvalue weighted by atomic mass is 14.9. The SMILES string of the molecule is [C-]#[N+]C([N+]#[C-])=C1CC(=C(C#N)C#N)c2ccccc21. The van der Waals surface area contributed by atoms with Gasteiger partial charge >= 0.3 is 5.82 Å². The molecule has 2 rings (SSSR count). The Morgan fingerprint density at radius 1 is 1.00 bits per heavy atom. The summed E-state index contributed by atoms with van der Waals surface area (Å²) in [6, 6.07) is 11.0. The van der Waals surface area contributed by atoms with Crippen LogP contribution in [0.2, 0.25) is 0 Å². The number of nitriles is 2. The van der Waals surface area contributed by atoms with Crippen molar-refractivity contribution in [1.82, 2.24) is 0 Å². The van der Waals surface area contributed by atoms with E-state index in [0.717, 1.165) is 11.1 Å². The largest absolute Gasteiger partial charge is 0.523 e. The number of hydrogen-bond donors (Lipinski definition) is 0. The van der Waals surface area contributed by atoms with Crippen molar-refractivity contribution in [3.05, 3.63) is 69.6 Å². The fraction of sp³-hybridized carbons (Fsp3) is 0.0667. The maximum absolute atomic E-state index is 8.98. The summed E-state index contributed by atoms with van der Waals surface area (Å²) in [5.41, 5.74) is 2.76. The van der Waals surface area contributed by atoms with Gasteiger partial charge in [-0.05, 0) is 23.1 Å². The molecule has 86 valence electrons. The Morgan fingerprint density at radius 3 is 2.00 bits per heavy atom. The zero-order valence-corrected chi connectivity index (χ0v) is 9.81. The van der Waals surface area contributed by atoms with E-state index < -0.39 is 0 Å². The molecule has 0 spiro atoms. The molecule has 1 aromatic rings. The molecule has 1 aliphatic carbocycles. The van der Waals surface area contributed by atoms with Gasteiger partial charge in [-0.1, -0.05) is 24.3 Å². The summed E-state index contributed by atoms with van der Waals surface area (Å²) in [6.07, 6.45) is 0.288. The summed E-state index contributed by atoms with van der Waals surface area (Å²) < 4.78 is 0. The van der Waals surface area contributed by atoms with Gasteiger partial charge in [0.1, 0.15) is 30.9 Å². The molecule has 0 radical (unpaired) electrons. The van der Waals surface area contributed by atoms with Gasteiger partial charge in [0.25, 0.3) is 0 Å². The number of benzene rings is 1. The Bertz CT molecular complexity index is 684. The number of rotatable bonds is 0. The first-order valence-corrected chi connectivity index (χ1v) is 5.38. The molecule has 0 aromatic heterocycles. The minimum Gasteiger partial charge on any atom is -0.192 e. The highest BCUT2D eigenvalue weighted by Crippen LogP contribution is 2.43. The maximum atomic E-state index is 8.98. The molecule has 0 saturated carbocycles. The van der Waals surface area contributed by atoms with Crippen LogP contribution in [-0.2, 0) is 0 Å². The molecule has 19 heavy (non-hydrogen) atoms. The molecule has 0 saturated heterocycles. The summed E-state index contributed by atoms with van der Waals surface area (Å²) in [7, 11) is 0. The van der Waals surface area contributed by atoms with Crippen LogP contribution < -0.4 is 0 Å². The standard InChI is InChI=1S/C15H6N4/c1-18-15(19-2)14-7-13(10(8-16)9-17)11-5-3-4-6-12(11)14/h3-6H,7H2. The molecular formula is C15H6N4. The molecular weight excluding hydrogens is 236 g/mol. The monoisotopic (exact) mass is 242 g/mol. The predicted octanol–water partition coefficient (Wildman–Crippen LogP) is 3.40. The van der Waals surface area contributed by atoms with Crippen LogP contribution in [0.4, 0.5) is 0 Å². The van der Waals surface area contributed by atoms with E-state index in [1.807, 2.05) is 24.3 Å². The highest BCUT2D eigenvalue weighted by Gasteiger charge is 2.29. The van der Waals surface area contributed by atoms with E-state index in [-0.39, 0.29) is 17.8 Å². The fourth-order valence-electron chi connectivity index (χ4n) is 2.12. The van der Waals surface area contributed by atoms with Crippen molar-refractivity contribution >= 4 is 11.1 Å². The molecule has 0 heterocycles. The normalized spacial score (nSPS) is 11.6. The van der Waals surface area contributed by atoms with Crippen LogP contribution in [0.5, 0.6) is 0 Å². The average molecular weight is 242 g/mol. The van der Waals surface area contributed by atoms with Crippen molar-refractivity contribution in [3.8, 4) is 12.1 Å². The van der Waals surface area contributed by atoms with Gasteiger partial charge in [0.05, 0.1) is 5.57 Å². The van der Waals surface area contributed by atoms with E-state index in [4.69, 9.17) is 23.7 Å². The van der Waals surface area contributed by atoms with E-state index in [1.165, 1.54) is 0 Å². The van der Waals surface area contributed by atoms with Crippen LogP contribution in [0.15, 0.2) is 35.7 Å². The van der Waals surface area contributed by atoms with E-state index >= 15 is 0 Å². The van der Waals surface area contributed by atoms with Crippen molar-refractivity contribution in [1.29, 1.82) is 10.5 Å². The summed E-state index contributed by atoms with van der Waals surface area (Å²) in [6.45, 7) is 14.1. The minimum atomic E-state index is -0.00215. The van der Waals surface area contributed by atoms with Crippen molar-refractivity contribution in [2.24, 2.45) is 0 Å². The van der Waals surface area contributed by atoms with E-state index in [0.29, 0.717) is 11.1 Å². The van der Waals surface area contributed by atoms with E-state index in [9.17, 15) is 0 Å². The van der Waals surface area contributed by atoms with Crippen molar-refractivity contribution in [2.45, 2.75) is 6.42 Å². The minimum absolute atomic E-state index is 0.00215. The molecule has 0 fully saturated rings. The van der Waals surface area contributed by atoms with Crippen LogP contribution in [0.1, 0.15) is 17.5 Å². The van der Waals surface area contributed by atoms with Gasteiger partial charge in [-0.15, -0.1) is 0 Å². The van der Waals surface area contributed by atoms with Gasteiger partial charge in [0.2, 0.25) is 0 Å². The third kappa shape index (κ3) is 1.85. The molecule has 0 unspecified atom stereocenters. The van der Waals surface area contributed by atoms with Gasteiger partial charge in [-0.3, -0.25) is 0 Å². The van der Waals surface area contributed by atoms with Gasteiger partial charge in [0.15, 0.2) is 0 Å². The second kappa shape index (κ2) is 4.89. The lowest BCUT2D eigenvalue weighted by atomic mass is 10.0. The zero-order chi connectivity index (χ0) is 13.8. The first-order valence-electron chi connectivity index (χ1n) is 5.38. The Morgan fingerprint density at radius 2 is 1.53 bits per heavy atom. The Hall–Kier alpha value is -3.34. The Balaban J connectivity index is 2.82. The van der Waals surface area contributed by atoms with E-state index in [1.54, 1.807) is 12.1 Å². The lowest BCUT2D eigenvalue weighted by Gasteiger charge is -1.98. The molecule has 0 N–H and O–H groups in total. The smallest absolute Gasteiger partial charge is 0.192 e. The molecule has 1 aliphatic rings. The molecule has 0 aliphatic heterocycles. The molecule has 4 nitrogen and oxygen atoms in total. The topological polar surface area (TPSA) is 56.3 Å². The highest BCUT2D eigenvalue weighted by molar-refractivity contribution is 5.97. The quantitative estimate of drug-likeness (QED) is 0.517. The van der Waals surface area contributed by atoms with Crippen LogP contribution in [-0.4, -0.2) is 0 Å². The van der Waals surface area contributed by atoms with Crippen molar-refractivity contribution in [2.75, 3.05) is 0 Å². The van der Waals surface area contributed by atoms with Crippen molar-refractivity contribution < 1.29 is 0 Å².